The van der Waals surface area contributed by atoms with Gasteiger partial charge in [-0.2, -0.15) is 0 Å². The lowest BCUT2D eigenvalue weighted by Gasteiger charge is -2.32. The van der Waals surface area contributed by atoms with E-state index in [2.05, 4.69) is 29.0 Å². The van der Waals surface area contributed by atoms with Gasteiger partial charge in [-0.25, -0.2) is 4.79 Å². The number of nitrogens with zero attached hydrogens (tertiary/aromatic N) is 3. The summed E-state index contributed by atoms with van der Waals surface area (Å²) in [4.78, 5) is 35.6. The van der Waals surface area contributed by atoms with Crippen molar-refractivity contribution in [1.29, 1.82) is 0 Å². The Morgan fingerprint density at radius 2 is 1.43 bits per heavy atom. The number of rotatable bonds is 12. The summed E-state index contributed by atoms with van der Waals surface area (Å²) in [5, 5.41) is 0. The molecular formula is C28H39N3O4. The summed E-state index contributed by atoms with van der Waals surface area (Å²) in [5.74, 6) is 0.241. The molecule has 0 saturated carbocycles. The minimum Gasteiger partial charge on any atom is -0.425 e. The van der Waals surface area contributed by atoms with Crippen LogP contribution in [0.25, 0.3) is 11.0 Å². The number of esters is 1. The zero-order valence-corrected chi connectivity index (χ0v) is 21.2. The normalized spacial score (nSPS) is 19.4. The van der Waals surface area contributed by atoms with E-state index in [9.17, 15) is 9.59 Å². The van der Waals surface area contributed by atoms with Crippen LogP contribution in [0.15, 0.2) is 24.5 Å². The summed E-state index contributed by atoms with van der Waals surface area (Å²) in [6.07, 6.45) is 14.3. The van der Waals surface area contributed by atoms with E-state index in [1.54, 1.807) is 24.2 Å². The van der Waals surface area contributed by atoms with Gasteiger partial charge < -0.3 is 14.4 Å². The summed E-state index contributed by atoms with van der Waals surface area (Å²) in [6, 6.07) is 4.24. The van der Waals surface area contributed by atoms with Crippen molar-refractivity contribution in [2.24, 2.45) is 0 Å². The van der Waals surface area contributed by atoms with E-state index >= 15 is 0 Å². The number of ether oxygens (including phenoxy) is 2. The summed E-state index contributed by atoms with van der Waals surface area (Å²) < 4.78 is 10.8. The molecular weight excluding hydrogens is 442 g/mol. The molecule has 1 aliphatic carbocycles. The van der Waals surface area contributed by atoms with Gasteiger partial charge in [-0.05, 0) is 36.1 Å². The van der Waals surface area contributed by atoms with E-state index in [-0.39, 0.29) is 17.8 Å². The predicted molar refractivity (Wildman–Crippen MR) is 135 cm³/mol. The van der Waals surface area contributed by atoms with Crippen molar-refractivity contribution in [2.45, 2.75) is 103 Å². The van der Waals surface area contributed by atoms with Gasteiger partial charge in [0.15, 0.2) is 0 Å². The smallest absolute Gasteiger partial charge is 0.412 e. The van der Waals surface area contributed by atoms with Gasteiger partial charge in [-0.15, -0.1) is 0 Å². The first kappa shape index (κ1) is 25.4. The largest absolute Gasteiger partial charge is 0.425 e. The highest BCUT2D eigenvalue weighted by molar-refractivity contribution is 5.77. The first-order valence-corrected chi connectivity index (χ1v) is 13.4. The van der Waals surface area contributed by atoms with Crippen molar-refractivity contribution in [3.63, 3.8) is 0 Å². The molecule has 190 valence electrons. The predicted octanol–water partition coefficient (Wildman–Crippen LogP) is 6.46. The van der Waals surface area contributed by atoms with Gasteiger partial charge in [0.25, 0.3) is 0 Å². The van der Waals surface area contributed by atoms with Gasteiger partial charge in [0.1, 0.15) is 0 Å². The molecule has 1 aromatic heterocycles. The second-order valence-electron chi connectivity index (χ2n) is 10.1. The topological polar surface area (TPSA) is 81.6 Å². The lowest BCUT2D eigenvalue weighted by molar-refractivity contribution is -0.166. The van der Waals surface area contributed by atoms with Crippen molar-refractivity contribution in [1.82, 2.24) is 14.9 Å². The molecule has 2 aliphatic rings. The molecule has 3 atom stereocenters. The average molecular weight is 482 g/mol. The van der Waals surface area contributed by atoms with E-state index in [1.165, 1.54) is 49.7 Å². The van der Waals surface area contributed by atoms with Crippen LogP contribution in [0.4, 0.5) is 4.79 Å². The Kier molecular flexibility index (Phi) is 8.94. The minimum absolute atomic E-state index is 0.271. The van der Waals surface area contributed by atoms with Crippen molar-refractivity contribution >= 4 is 23.1 Å². The molecule has 1 saturated heterocycles. The molecule has 1 amide bonds. The molecule has 3 unspecified atom stereocenters. The number of likely N-dealkylation sites (tertiary alicyclic amines) is 1. The van der Waals surface area contributed by atoms with Crippen molar-refractivity contribution in [3.8, 4) is 0 Å². The highest BCUT2D eigenvalue weighted by Crippen LogP contribution is 2.47. The fourth-order valence-electron chi connectivity index (χ4n) is 5.51. The number of carbonyl (C=O) groups is 2. The molecule has 1 aromatic carbocycles. The lowest BCUT2D eigenvalue weighted by atomic mass is 9.96. The highest BCUT2D eigenvalue weighted by atomic mass is 16.7. The van der Waals surface area contributed by atoms with Crippen LogP contribution in [-0.4, -0.2) is 46.3 Å². The molecule has 35 heavy (non-hydrogen) atoms. The number of aromatic nitrogens is 2. The first-order chi connectivity index (χ1) is 17.0. The number of piperidine rings is 1. The van der Waals surface area contributed by atoms with Gasteiger partial charge in [-0.1, -0.05) is 58.3 Å². The third-order valence-corrected chi connectivity index (χ3v) is 7.31. The molecule has 1 fully saturated rings. The zero-order chi connectivity index (χ0) is 24.6. The lowest BCUT2D eigenvalue weighted by Crippen LogP contribution is -2.41. The maximum Gasteiger partial charge on any atom is 0.412 e. The summed E-state index contributed by atoms with van der Waals surface area (Å²) >= 11 is 0. The Morgan fingerprint density at radius 1 is 0.886 bits per heavy atom. The van der Waals surface area contributed by atoms with Crippen LogP contribution in [0, 0.1) is 0 Å². The fraction of sp³-hybridized carbons (Fsp3) is 0.643. The molecule has 7 heteroatoms. The average Bonchev–Trinajstić information content (AvgIpc) is 3.09. The summed E-state index contributed by atoms with van der Waals surface area (Å²) in [7, 11) is 0. The van der Waals surface area contributed by atoms with E-state index in [0.29, 0.717) is 19.5 Å². The number of hydrogen-bond donors (Lipinski definition) is 0. The molecule has 0 radical (unpaired) electrons. The third-order valence-electron chi connectivity index (χ3n) is 7.31. The maximum atomic E-state index is 12.8. The molecule has 2 aromatic rings. The highest BCUT2D eigenvalue weighted by Gasteiger charge is 2.40. The van der Waals surface area contributed by atoms with Gasteiger partial charge in [0.05, 0.1) is 11.0 Å². The minimum atomic E-state index is -0.883. The van der Waals surface area contributed by atoms with Gasteiger partial charge in [0, 0.05) is 50.7 Å². The summed E-state index contributed by atoms with van der Waals surface area (Å²) in [6.45, 7) is 5.05. The van der Waals surface area contributed by atoms with Gasteiger partial charge in [0.2, 0.25) is 6.29 Å². The van der Waals surface area contributed by atoms with Gasteiger partial charge >= 0.3 is 12.1 Å². The number of carbonyl (C=O) groups excluding carboxylic acids is 2. The Labute approximate surface area is 208 Å². The number of unbranched alkanes of at least 4 members (excludes halogenated alkanes) is 8. The Balaban J connectivity index is 1.16. The van der Waals surface area contributed by atoms with Crippen LogP contribution in [0.2, 0.25) is 0 Å². The molecule has 1 aliphatic heterocycles. The molecule has 2 heterocycles. The molecule has 0 N–H and O–H groups in total. The van der Waals surface area contributed by atoms with E-state index < -0.39 is 12.4 Å². The van der Waals surface area contributed by atoms with E-state index in [1.807, 2.05) is 0 Å². The van der Waals surface area contributed by atoms with Crippen molar-refractivity contribution in [2.75, 3.05) is 13.1 Å². The summed E-state index contributed by atoms with van der Waals surface area (Å²) in [5.41, 5.74) is 4.30. The molecule has 2 bridgehead atoms. The second kappa shape index (κ2) is 12.3. The van der Waals surface area contributed by atoms with E-state index in [0.717, 1.165) is 36.7 Å². The maximum absolute atomic E-state index is 12.8. The molecule has 7 nitrogen and oxygen atoms in total. The SMILES string of the molecule is CCCCCCCCCCCC(=O)OC(C)OC(=O)N1CC2CC(C1)c1cc3nccnc3cc12. The van der Waals surface area contributed by atoms with Crippen LogP contribution in [0.3, 0.4) is 0 Å². The van der Waals surface area contributed by atoms with Crippen molar-refractivity contribution < 1.29 is 19.1 Å². The van der Waals surface area contributed by atoms with Gasteiger partial charge in [-0.3, -0.25) is 14.8 Å². The monoisotopic (exact) mass is 481 g/mol. The number of benzene rings is 1. The number of fused-ring (bicyclic) bond motifs is 6. The van der Waals surface area contributed by atoms with Crippen LogP contribution < -0.4 is 0 Å². The van der Waals surface area contributed by atoms with Crippen LogP contribution in [-0.2, 0) is 14.3 Å². The van der Waals surface area contributed by atoms with Crippen LogP contribution in [0.1, 0.15) is 107 Å². The van der Waals surface area contributed by atoms with Crippen LogP contribution >= 0.6 is 0 Å². The zero-order valence-electron chi connectivity index (χ0n) is 21.2. The first-order valence-electron chi connectivity index (χ1n) is 13.4. The fourth-order valence-corrected chi connectivity index (χ4v) is 5.51. The Bertz CT molecular complexity index is 960. The number of amides is 1. The third kappa shape index (κ3) is 6.71. The Hall–Kier alpha value is -2.70. The van der Waals surface area contributed by atoms with Crippen molar-refractivity contribution in [3.05, 3.63) is 35.7 Å². The quantitative estimate of drug-likeness (QED) is 0.196. The standard InChI is InChI=1S/C28H39N3O4/c1-3-4-5-6-7-8-9-10-11-12-27(32)34-20(2)35-28(33)31-18-21-15-22(19-31)24-17-26-25(16-23(21)24)29-13-14-30-26/h13-14,16-17,20-22H,3-12,15,18-19H2,1-2H3. The Morgan fingerprint density at radius 3 is 2.00 bits per heavy atom. The van der Waals surface area contributed by atoms with E-state index in [4.69, 9.17) is 9.47 Å². The van der Waals surface area contributed by atoms with Crippen LogP contribution in [0.5, 0.6) is 0 Å². The molecule has 0 spiro atoms. The number of hydrogen-bond acceptors (Lipinski definition) is 6. The second-order valence-corrected chi connectivity index (χ2v) is 10.1. The molecule has 4 rings (SSSR count).